The molecular formula is C24H28N2O7. The lowest BCUT2D eigenvalue weighted by Crippen LogP contribution is -2.54. The highest BCUT2D eigenvalue weighted by atomic mass is 16.5. The summed E-state index contributed by atoms with van der Waals surface area (Å²) < 4.78 is 15.7. The zero-order chi connectivity index (χ0) is 24.0. The van der Waals surface area contributed by atoms with Gasteiger partial charge in [0, 0.05) is 23.1 Å². The summed E-state index contributed by atoms with van der Waals surface area (Å²) in [6, 6.07) is 5.64. The van der Waals surface area contributed by atoms with E-state index in [1.165, 1.54) is 13.2 Å². The molecule has 0 radical (unpaired) electrons. The summed E-state index contributed by atoms with van der Waals surface area (Å²) in [6.45, 7) is 5.53. The molecule has 1 saturated carbocycles. The van der Waals surface area contributed by atoms with Crippen LogP contribution >= 0.6 is 0 Å². The zero-order valence-electron chi connectivity index (χ0n) is 19.2. The SMILES string of the molecule is COc1ccc2c(COC(=O)CN3C(=O)N[C@@]4(C[C@H](C)CC(C)(C)C4)C3=O)cc(=O)oc2c1. The van der Waals surface area contributed by atoms with Gasteiger partial charge in [0.25, 0.3) is 5.91 Å². The molecule has 2 fully saturated rings. The molecule has 33 heavy (non-hydrogen) atoms. The summed E-state index contributed by atoms with van der Waals surface area (Å²) in [5.41, 5.74) is -0.917. The lowest BCUT2D eigenvalue weighted by atomic mass is 9.64. The number of carbonyl (C=O) groups excluding carboxylic acids is 3. The van der Waals surface area contributed by atoms with Crippen LogP contribution in [-0.4, -0.2) is 42.0 Å². The minimum absolute atomic E-state index is 0.102. The molecule has 3 amide bonds. The van der Waals surface area contributed by atoms with Gasteiger partial charge in [-0.3, -0.25) is 14.5 Å². The van der Waals surface area contributed by atoms with Crippen LogP contribution in [0.15, 0.2) is 33.5 Å². The Kier molecular flexibility index (Phi) is 5.67. The molecule has 0 unspecified atom stereocenters. The van der Waals surface area contributed by atoms with Crippen molar-refractivity contribution in [3.05, 3.63) is 40.2 Å². The normalized spacial score (nSPS) is 24.2. The molecule has 1 N–H and O–H groups in total. The van der Waals surface area contributed by atoms with Crippen molar-refractivity contribution in [2.45, 2.75) is 52.2 Å². The number of ether oxygens (including phenoxy) is 2. The fourth-order valence-corrected chi connectivity index (χ4v) is 5.44. The number of imide groups is 1. The summed E-state index contributed by atoms with van der Waals surface area (Å²) in [4.78, 5) is 51.1. The lowest BCUT2D eigenvalue weighted by molar-refractivity contribution is -0.149. The average molecular weight is 456 g/mol. The average Bonchev–Trinajstić information content (AvgIpc) is 2.92. The van der Waals surface area contributed by atoms with Crippen molar-refractivity contribution in [2.24, 2.45) is 11.3 Å². The molecule has 1 aliphatic heterocycles. The van der Waals surface area contributed by atoms with E-state index in [0.29, 0.717) is 35.1 Å². The van der Waals surface area contributed by atoms with Crippen LogP contribution in [0.5, 0.6) is 5.75 Å². The third kappa shape index (κ3) is 4.44. The van der Waals surface area contributed by atoms with E-state index in [2.05, 4.69) is 26.1 Å². The third-order valence-corrected chi connectivity index (χ3v) is 6.34. The Morgan fingerprint density at radius 1 is 1.21 bits per heavy atom. The van der Waals surface area contributed by atoms with Gasteiger partial charge < -0.3 is 19.2 Å². The summed E-state index contributed by atoms with van der Waals surface area (Å²) in [7, 11) is 1.50. The maximum absolute atomic E-state index is 13.2. The van der Waals surface area contributed by atoms with E-state index in [9.17, 15) is 19.2 Å². The number of urea groups is 1. The van der Waals surface area contributed by atoms with Gasteiger partial charge in [0.2, 0.25) is 0 Å². The van der Waals surface area contributed by atoms with Crippen molar-refractivity contribution in [1.82, 2.24) is 10.2 Å². The fraction of sp³-hybridized carbons (Fsp3) is 0.500. The second kappa shape index (κ2) is 8.20. The molecule has 9 heteroatoms. The number of hydrogen-bond donors (Lipinski definition) is 1. The molecule has 1 saturated heterocycles. The molecule has 4 rings (SSSR count). The van der Waals surface area contributed by atoms with Gasteiger partial charge in [0.05, 0.1) is 7.11 Å². The Morgan fingerprint density at radius 2 is 1.97 bits per heavy atom. The molecule has 0 bridgehead atoms. The van der Waals surface area contributed by atoms with Crippen LogP contribution in [0.3, 0.4) is 0 Å². The Bertz CT molecular complexity index is 1190. The van der Waals surface area contributed by atoms with E-state index in [4.69, 9.17) is 13.9 Å². The van der Waals surface area contributed by atoms with Gasteiger partial charge >= 0.3 is 17.6 Å². The number of methoxy groups -OCH3 is 1. The number of nitrogens with one attached hydrogen (secondary N) is 1. The van der Waals surface area contributed by atoms with Crippen molar-refractivity contribution < 1.29 is 28.3 Å². The molecular weight excluding hydrogens is 428 g/mol. The fourth-order valence-electron chi connectivity index (χ4n) is 5.44. The predicted molar refractivity (Wildman–Crippen MR) is 119 cm³/mol. The van der Waals surface area contributed by atoms with Crippen LogP contribution in [0.2, 0.25) is 0 Å². The van der Waals surface area contributed by atoms with Crippen LogP contribution in [0.4, 0.5) is 4.79 Å². The van der Waals surface area contributed by atoms with Crippen molar-refractivity contribution in [1.29, 1.82) is 0 Å². The molecule has 2 aromatic rings. The van der Waals surface area contributed by atoms with Gasteiger partial charge in [0.15, 0.2) is 0 Å². The molecule has 1 aromatic carbocycles. The van der Waals surface area contributed by atoms with Crippen molar-refractivity contribution >= 4 is 28.9 Å². The summed E-state index contributed by atoms with van der Waals surface area (Å²) in [5, 5.41) is 3.43. The Morgan fingerprint density at radius 3 is 2.67 bits per heavy atom. The molecule has 1 spiro atoms. The van der Waals surface area contributed by atoms with Crippen LogP contribution < -0.4 is 15.7 Å². The van der Waals surface area contributed by atoms with Gasteiger partial charge in [-0.2, -0.15) is 0 Å². The second-order valence-corrected chi connectivity index (χ2v) is 9.87. The quantitative estimate of drug-likeness (QED) is 0.418. The first kappa shape index (κ1) is 22.8. The van der Waals surface area contributed by atoms with Gasteiger partial charge in [-0.15, -0.1) is 0 Å². The first-order valence-corrected chi connectivity index (χ1v) is 10.9. The van der Waals surface area contributed by atoms with Crippen molar-refractivity contribution in [3.8, 4) is 5.75 Å². The van der Waals surface area contributed by atoms with E-state index in [1.54, 1.807) is 18.2 Å². The standard InChI is InChI=1S/C24H28N2O7/c1-14-9-23(2,3)13-24(10-14)21(29)26(22(30)25-24)11-20(28)32-12-15-7-19(27)33-18-8-16(31-4)5-6-17(15)18/h5-8,14H,9-13H2,1-4H3,(H,25,30)/t14-,24-/m1/s1. The molecule has 2 aliphatic rings. The number of esters is 1. The lowest BCUT2D eigenvalue weighted by Gasteiger charge is -2.43. The van der Waals surface area contributed by atoms with E-state index < -0.39 is 29.7 Å². The van der Waals surface area contributed by atoms with Crippen molar-refractivity contribution in [3.63, 3.8) is 0 Å². The van der Waals surface area contributed by atoms with Gasteiger partial charge in [-0.25, -0.2) is 9.59 Å². The smallest absolute Gasteiger partial charge is 0.336 e. The second-order valence-electron chi connectivity index (χ2n) is 9.87. The van der Waals surface area contributed by atoms with E-state index in [-0.39, 0.29) is 23.8 Å². The summed E-state index contributed by atoms with van der Waals surface area (Å²) >= 11 is 0. The predicted octanol–water partition coefficient (Wildman–Crippen LogP) is 2.98. The molecule has 1 aromatic heterocycles. The third-order valence-electron chi connectivity index (χ3n) is 6.34. The van der Waals surface area contributed by atoms with Gasteiger partial charge in [-0.05, 0) is 42.7 Å². The van der Waals surface area contributed by atoms with Crippen LogP contribution in [0.25, 0.3) is 11.0 Å². The highest BCUT2D eigenvalue weighted by molar-refractivity contribution is 6.08. The number of rotatable bonds is 5. The van der Waals surface area contributed by atoms with Crippen LogP contribution in [-0.2, 0) is 20.9 Å². The monoisotopic (exact) mass is 456 g/mol. The van der Waals surface area contributed by atoms with E-state index in [0.717, 1.165) is 11.3 Å². The number of hydrogen-bond acceptors (Lipinski definition) is 7. The largest absolute Gasteiger partial charge is 0.497 e. The maximum atomic E-state index is 13.2. The molecule has 1 aliphatic carbocycles. The first-order valence-electron chi connectivity index (χ1n) is 10.9. The zero-order valence-corrected chi connectivity index (χ0v) is 19.2. The van der Waals surface area contributed by atoms with Crippen LogP contribution in [0, 0.1) is 11.3 Å². The van der Waals surface area contributed by atoms with E-state index in [1.807, 2.05) is 0 Å². The summed E-state index contributed by atoms with van der Waals surface area (Å²) in [6.07, 6.45) is 2.03. The van der Waals surface area contributed by atoms with Crippen molar-refractivity contribution in [2.75, 3.05) is 13.7 Å². The maximum Gasteiger partial charge on any atom is 0.336 e. The Labute approximate surface area is 191 Å². The highest BCUT2D eigenvalue weighted by Crippen LogP contribution is 2.46. The summed E-state index contributed by atoms with van der Waals surface area (Å²) in [5.74, 6) is -0.343. The van der Waals surface area contributed by atoms with Gasteiger partial charge in [-0.1, -0.05) is 20.8 Å². The van der Waals surface area contributed by atoms with Gasteiger partial charge in [0.1, 0.15) is 30.0 Å². The number of nitrogens with zero attached hydrogens (tertiary/aromatic N) is 1. The number of fused-ring (bicyclic) bond motifs is 1. The highest BCUT2D eigenvalue weighted by Gasteiger charge is 2.56. The minimum atomic E-state index is -0.980. The molecule has 2 heterocycles. The molecule has 9 nitrogen and oxygen atoms in total. The number of amides is 3. The minimum Gasteiger partial charge on any atom is -0.497 e. The van der Waals surface area contributed by atoms with Crippen LogP contribution in [0.1, 0.15) is 45.6 Å². The Hall–Kier alpha value is -3.36. The van der Waals surface area contributed by atoms with E-state index >= 15 is 0 Å². The topological polar surface area (TPSA) is 115 Å². The Balaban J connectivity index is 1.46. The number of carbonyl (C=O) groups is 3. The number of benzene rings is 1. The molecule has 2 atom stereocenters. The molecule has 176 valence electrons. The first-order chi connectivity index (χ1) is 15.5.